The molecule has 3 aromatic rings. The molecule has 1 spiro atoms. The SMILES string of the molecule is CCCCOc1c2n(ccc1=O)N(C1c3ccccc3SCc3c1ccc(F)c3F)[C@@H]1[C@H]3C[C@@H]4CC[C@@]3(CCN1C2=O)O4. The number of fused-ring (bicyclic) bond motifs is 6. The third kappa shape index (κ3) is 3.94. The second-order valence-electron chi connectivity index (χ2n) is 12.3. The first kappa shape index (κ1) is 27.2. The Morgan fingerprint density at radius 2 is 1.95 bits per heavy atom. The molecule has 5 atom stereocenters. The number of rotatable bonds is 5. The van der Waals surface area contributed by atoms with Crippen LogP contribution in [-0.4, -0.2) is 46.5 Å². The number of carbonyl (C=O) groups excluding carboxylic acids is 1. The van der Waals surface area contributed by atoms with Crippen LogP contribution in [0.1, 0.15) is 78.7 Å². The van der Waals surface area contributed by atoms with Gasteiger partial charge in [0.1, 0.15) is 6.17 Å². The van der Waals surface area contributed by atoms with Gasteiger partial charge in [0.15, 0.2) is 23.1 Å². The fraction of sp³-hybridized carbons (Fsp3) is 0.455. The summed E-state index contributed by atoms with van der Waals surface area (Å²) in [6.07, 6.45) is 6.46. The molecule has 5 aliphatic heterocycles. The smallest absolute Gasteiger partial charge is 0.278 e. The van der Waals surface area contributed by atoms with Crippen LogP contribution in [0.15, 0.2) is 58.4 Å². The Hall–Kier alpha value is -3.37. The number of unbranched alkanes of at least 4 members (excludes halogenated alkanes) is 1. The third-order valence-corrected chi connectivity index (χ3v) is 11.2. The first-order chi connectivity index (χ1) is 20.9. The summed E-state index contributed by atoms with van der Waals surface area (Å²) in [5.41, 5.74) is 1.39. The fourth-order valence-corrected chi connectivity index (χ4v) is 9.22. The maximum Gasteiger partial charge on any atom is 0.278 e. The molecule has 0 saturated carbocycles. The highest BCUT2D eigenvalue weighted by Crippen LogP contribution is 2.57. The van der Waals surface area contributed by atoms with Gasteiger partial charge < -0.3 is 14.4 Å². The highest BCUT2D eigenvalue weighted by molar-refractivity contribution is 7.98. The lowest BCUT2D eigenvalue weighted by Gasteiger charge is -2.57. The van der Waals surface area contributed by atoms with Crippen LogP contribution in [0.2, 0.25) is 0 Å². The van der Waals surface area contributed by atoms with Crippen molar-refractivity contribution in [2.24, 2.45) is 5.92 Å². The second-order valence-corrected chi connectivity index (χ2v) is 13.3. The van der Waals surface area contributed by atoms with E-state index in [2.05, 4.69) is 5.01 Å². The van der Waals surface area contributed by atoms with Crippen molar-refractivity contribution >= 4 is 17.7 Å². The molecule has 2 aromatic carbocycles. The molecule has 43 heavy (non-hydrogen) atoms. The number of ether oxygens (including phenoxy) is 2. The van der Waals surface area contributed by atoms with E-state index in [1.54, 1.807) is 16.9 Å². The molecule has 5 aliphatic rings. The van der Waals surface area contributed by atoms with Crippen molar-refractivity contribution in [2.45, 2.75) is 80.0 Å². The molecule has 1 amide bonds. The van der Waals surface area contributed by atoms with Crippen molar-refractivity contribution < 1.29 is 23.0 Å². The van der Waals surface area contributed by atoms with Gasteiger partial charge in [0.05, 0.1) is 24.4 Å². The molecule has 1 aromatic heterocycles. The van der Waals surface area contributed by atoms with Gasteiger partial charge in [0.25, 0.3) is 5.91 Å². The number of benzene rings is 2. The van der Waals surface area contributed by atoms with E-state index in [4.69, 9.17) is 9.47 Å². The summed E-state index contributed by atoms with van der Waals surface area (Å²) < 4.78 is 44.7. The van der Waals surface area contributed by atoms with Gasteiger partial charge in [-0.2, -0.15) is 0 Å². The maximum atomic E-state index is 15.6. The summed E-state index contributed by atoms with van der Waals surface area (Å²) in [5.74, 6) is -1.65. The zero-order chi connectivity index (χ0) is 29.5. The molecule has 2 bridgehead atoms. The van der Waals surface area contributed by atoms with Crippen molar-refractivity contribution in [1.82, 2.24) is 9.58 Å². The second kappa shape index (κ2) is 10.1. The normalized spacial score (nSPS) is 28.5. The van der Waals surface area contributed by atoms with Gasteiger partial charge in [-0.3, -0.25) is 19.3 Å². The maximum absolute atomic E-state index is 15.6. The number of hydrogen-bond acceptors (Lipinski definition) is 6. The number of amides is 1. The van der Waals surface area contributed by atoms with Gasteiger partial charge in [0, 0.05) is 40.9 Å². The van der Waals surface area contributed by atoms with Crippen LogP contribution in [0, 0.1) is 17.6 Å². The minimum absolute atomic E-state index is 0.0119. The van der Waals surface area contributed by atoms with E-state index >= 15 is 4.39 Å². The van der Waals surface area contributed by atoms with E-state index in [1.807, 2.05) is 36.1 Å². The first-order valence-electron chi connectivity index (χ1n) is 15.3. The fourth-order valence-electron chi connectivity index (χ4n) is 8.11. The van der Waals surface area contributed by atoms with E-state index in [9.17, 15) is 14.0 Å². The molecule has 0 radical (unpaired) electrons. The van der Waals surface area contributed by atoms with E-state index in [0.29, 0.717) is 24.3 Å². The molecule has 7 nitrogen and oxygen atoms in total. The minimum atomic E-state index is -0.881. The summed E-state index contributed by atoms with van der Waals surface area (Å²) >= 11 is 1.48. The van der Waals surface area contributed by atoms with Crippen molar-refractivity contribution in [3.05, 3.63) is 92.9 Å². The van der Waals surface area contributed by atoms with Crippen molar-refractivity contribution in [3.8, 4) is 5.75 Å². The van der Waals surface area contributed by atoms with Crippen molar-refractivity contribution in [3.63, 3.8) is 0 Å². The number of nitrogens with zero attached hydrogens (tertiary/aromatic N) is 3. The van der Waals surface area contributed by atoms with Crippen LogP contribution in [-0.2, 0) is 10.5 Å². The largest absolute Gasteiger partial charge is 0.487 e. The number of carbonyl (C=O) groups is 1. The highest BCUT2D eigenvalue weighted by atomic mass is 32.2. The standard InChI is InChI=1S/C33H33F2N3O4S/c1-2-3-16-41-30-25(39)11-14-37-29(30)32(40)36-15-13-33-12-10-19(42-33)17-23(33)31(36)38(37)28-20-8-9-24(34)27(35)22(20)18-43-26-7-5-4-6-21(26)28/h4-9,11,14,19,23,28,31H,2-3,10,12-13,15-18H2,1H3/t19-,23+,28?,31+,33-/m0/s1. The summed E-state index contributed by atoms with van der Waals surface area (Å²) in [6, 6.07) is 11.7. The molecule has 3 fully saturated rings. The molecule has 0 aliphatic carbocycles. The van der Waals surface area contributed by atoms with Crippen molar-refractivity contribution in [1.29, 1.82) is 0 Å². The van der Waals surface area contributed by atoms with Crippen LogP contribution in [0.4, 0.5) is 8.78 Å². The van der Waals surface area contributed by atoms with Gasteiger partial charge in [-0.05, 0) is 55.4 Å². The summed E-state index contributed by atoms with van der Waals surface area (Å²) in [5, 5.41) is 2.14. The number of thioether (sulfide) groups is 1. The Morgan fingerprint density at radius 3 is 2.79 bits per heavy atom. The lowest BCUT2D eigenvalue weighted by atomic mass is 9.71. The predicted molar refractivity (Wildman–Crippen MR) is 158 cm³/mol. The number of hydrogen-bond donors (Lipinski definition) is 0. The van der Waals surface area contributed by atoms with Gasteiger partial charge in [-0.1, -0.05) is 37.6 Å². The summed E-state index contributed by atoms with van der Waals surface area (Å²) in [6.45, 7) is 2.82. The molecule has 8 rings (SSSR count). The number of piperidine rings is 1. The number of aromatic nitrogens is 1. The van der Waals surface area contributed by atoms with Gasteiger partial charge in [-0.15, -0.1) is 11.8 Å². The first-order valence-corrected chi connectivity index (χ1v) is 16.2. The predicted octanol–water partition coefficient (Wildman–Crippen LogP) is 5.76. The lowest BCUT2D eigenvalue weighted by Crippen LogP contribution is -2.70. The van der Waals surface area contributed by atoms with Gasteiger partial charge in [0.2, 0.25) is 5.43 Å². The van der Waals surface area contributed by atoms with E-state index < -0.39 is 23.8 Å². The van der Waals surface area contributed by atoms with Crippen LogP contribution in [0.3, 0.4) is 0 Å². The third-order valence-electron chi connectivity index (χ3n) is 10.1. The highest BCUT2D eigenvalue weighted by Gasteiger charge is 2.63. The Labute approximate surface area is 252 Å². The molecule has 3 saturated heterocycles. The zero-order valence-electron chi connectivity index (χ0n) is 23.9. The van der Waals surface area contributed by atoms with Crippen molar-refractivity contribution in [2.75, 3.05) is 18.2 Å². The van der Waals surface area contributed by atoms with Crippen LogP contribution in [0.25, 0.3) is 0 Å². The zero-order valence-corrected chi connectivity index (χ0v) is 24.7. The summed E-state index contributed by atoms with van der Waals surface area (Å²) in [4.78, 5) is 30.5. The number of pyridine rings is 1. The topological polar surface area (TPSA) is 64.0 Å². The Morgan fingerprint density at radius 1 is 1.09 bits per heavy atom. The molecule has 1 unspecified atom stereocenters. The Balaban J connectivity index is 1.40. The van der Waals surface area contributed by atoms with Crippen LogP contribution in [0.5, 0.6) is 5.75 Å². The molecular formula is C33H33F2N3O4S. The van der Waals surface area contributed by atoms with Gasteiger partial charge in [-0.25, -0.2) is 8.78 Å². The quantitative estimate of drug-likeness (QED) is 0.345. The molecule has 0 N–H and O–H groups in total. The monoisotopic (exact) mass is 605 g/mol. The minimum Gasteiger partial charge on any atom is -0.487 e. The Kier molecular flexibility index (Phi) is 6.38. The van der Waals surface area contributed by atoms with E-state index in [-0.39, 0.29) is 46.2 Å². The average molecular weight is 606 g/mol. The Bertz CT molecular complexity index is 1700. The molecular weight excluding hydrogens is 572 g/mol. The van der Waals surface area contributed by atoms with Gasteiger partial charge >= 0.3 is 0 Å². The summed E-state index contributed by atoms with van der Waals surface area (Å²) in [7, 11) is 0. The molecule has 10 heteroatoms. The molecule has 6 heterocycles. The lowest BCUT2D eigenvalue weighted by molar-refractivity contribution is -0.0757. The molecule has 224 valence electrons. The van der Waals surface area contributed by atoms with E-state index in [0.717, 1.165) is 49.0 Å². The van der Waals surface area contributed by atoms with E-state index in [1.165, 1.54) is 23.9 Å². The average Bonchev–Trinajstić information content (AvgIpc) is 3.55. The number of halogens is 2. The van der Waals surface area contributed by atoms with Crippen LogP contribution >= 0.6 is 11.8 Å². The van der Waals surface area contributed by atoms with Crippen LogP contribution < -0.4 is 15.2 Å².